The van der Waals surface area contributed by atoms with Gasteiger partial charge in [-0.2, -0.15) is 79.0 Å². The lowest BCUT2D eigenvalue weighted by Crippen LogP contribution is -2.61. The van der Waals surface area contributed by atoms with Crippen LogP contribution in [0.15, 0.2) is 12.2 Å². The van der Waals surface area contributed by atoms with Gasteiger partial charge in [-0.3, -0.25) is 0 Å². The highest BCUT2D eigenvalue weighted by Gasteiger charge is 2.84. The highest BCUT2D eigenvalue weighted by atomic mass is 19.4. The van der Waals surface area contributed by atoms with Crippen LogP contribution in [0.25, 0.3) is 0 Å². The van der Waals surface area contributed by atoms with Crippen LogP contribution in [0.5, 0.6) is 0 Å². The first kappa shape index (κ1) is 26.5. The molecule has 0 aromatic carbocycles. The van der Waals surface area contributed by atoms with E-state index in [4.69, 9.17) is 0 Å². The third-order valence-electron chi connectivity index (χ3n) is 3.05. The van der Waals surface area contributed by atoms with Gasteiger partial charge in [-0.1, -0.05) is 0 Å². The fourth-order valence-electron chi connectivity index (χ4n) is 1.49. The van der Waals surface area contributed by atoms with E-state index in [1.54, 1.807) is 0 Å². The minimum absolute atomic E-state index is 2.65. The first-order chi connectivity index (χ1) is 11.7. The second-order valence-electron chi connectivity index (χ2n) is 4.90. The van der Waals surface area contributed by atoms with E-state index in [1.807, 2.05) is 0 Å². The summed E-state index contributed by atoms with van der Waals surface area (Å²) in [6.45, 7) is 0. The summed E-state index contributed by atoms with van der Waals surface area (Å²) in [5, 5.41) is 0. The molecule has 0 radical (unpaired) electrons. The molecular formula is C10H2F18. The molecule has 0 aromatic rings. The molecule has 0 aliphatic heterocycles. The molecule has 0 atom stereocenters. The number of allylic oxidation sites excluding steroid dienone is 2. The summed E-state index contributed by atoms with van der Waals surface area (Å²) < 4.78 is 224. The predicted octanol–water partition coefficient (Wildman–Crippen LogP) is 6.68. The van der Waals surface area contributed by atoms with Crippen molar-refractivity contribution in [3.05, 3.63) is 12.2 Å². The van der Waals surface area contributed by atoms with Crippen molar-refractivity contribution in [2.45, 2.75) is 42.5 Å². The fraction of sp³-hybridized carbons (Fsp3) is 0.800. The van der Waals surface area contributed by atoms with E-state index in [-0.39, 0.29) is 0 Å². The smallest absolute Gasteiger partial charge is 0.195 e. The normalized spacial score (nSPS) is 16.8. The summed E-state index contributed by atoms with van der Waals surface area (Å²) in [5.74, 6) is -22.7. The van der Waals surface area contributed by atoms with Crippen molar-refractivity contribution in [1.82, 2.24) is 0 Å². The van der Waals surface area contributed by atoms with Crippen molar-refractivity contribution in [2.24, 2.45) is 5.41 Å². The minimum atomic E-state index is -7.76. The molecule has 0 saturated carbocycles. The minimum Gasteiger partial charge on any atom is -0.195 e. The maximum atomic E-state index is 13.0. The Balaban J connectivity index is 6.74. The quantitative estimate of drug-likeness (QED) is 0.322. The lowest BCUT2D eigenvalue weighted by Gasteiger charge is -2.37. The molecule has 0 rings (SSSR count). The molecule has 168 valence electrons. The lowest BCUT2D eigenvalue weighted by atomic mass is 9.83. The standard InChI is InChI=1S/C10H2F18/c11-4(12,5(13,14)6(15,16)10(26,27)28)2-1-3(7(17,18)19,8(20,21)22)9(23,24)25/h1-2H. The van der Waals surface area contributed by atoms with Gasteiger partial charge in [-0.25, -0.2) is 0 Å². The molecule has 0 bridgehead atoms. The second-order valence-corrected chi connectivity index (χ2v) is 4.90. The second kappa shape index (κ2) is 6.50. The van der Waals surface area contributed by atoms with Crippen LogP contribution in [-0.2, 0) is 0 Å². The van der Waals surface area contributed by atoms with Crippen LogP contribution in [0, 0.1) is 5.41 Å². The van der Waals surface area contributed by atoms with Gasteiger partial charge in [0.2, 0.25) is 0 Å². The van der Waals surface area contributed by atoms with Crippen LogP contribution < -0.4 is 0 Å². The molecule has 0 amide bonds. The van der Waals surface area contributed by atoms with Gasteiger partial charge in [0.05, 0.1) is 0 Å². The van der Waals surface area contributed by atoms with Crippen LogP contribution in [0.4, 0.5) is 79.0 Å². The summed E-state index contributed by atoms with van der Waals surface area (Å²) in [5.41, 5.74) is -7.28. The Morgan fingerprint density at radius 1 is 0.321 bits per heavy atom. The Morgan fingerprint density at radius 3 is 0.821 bits per heavy atom. The fourth-order valence-corrected chi connectivity index (χ4v) is 1.49. The Morgan fingerprint density at radius 2 is 0.607 bits per heavy atom. The van der Waals surface area contributed by atoms with E-state index < -0.39 is 60.0 Å². The molecule has 0 unspecified atom stereocenters. The van der Waals surface area contributed by atoms with Gasteiger partial charge in [0.1, 0.15) is 0 Å². The third-order valence-corrected chi connectivity index (χ3v) is 3.05. The molecule has 18 heteroatoms. The Kier molecular flexibility index (Phi) is 6.14. The van der Waals surface area contributed by atoms with E-state index >= 15 is 0 Å². The van der Waals surface area contributed by atoms with Crippen molar-refractivity contribution < 1.29 is 79.0 Å². The first-order valence-corrected chi connectivity index (χ1v) is 5.81. The summed E-state index contributed by atoms with van der Waals surface area (Å²) in [7, 11) is 0. The summed E-state index contributed by atoms with van der Waals surface area (Å²) in [6, 6.07) is 0. The number of rotatable bonds is 4. The maximum Gasteiger partial charge on any atom is 0.460 e. The molecule has 0 fully saturated rings. The van der Waals surface area contributed by atoms with Gasteiger partial charge < -0.3 is 0 Å². The van der Waals surface area contributed by atoms with Crippen molar-refractivity contribution in [2.75, 3.05) is 0 Å². The van der Waals surface area contributed by atoms with Crippen molar-refractivity contribution in [3.63, 3.8) is 0 Å². The molecule has 0 aromatic heterocycles. The molecule has 0 spiro atoms. The van der Waals surface area contributed by atoms with Gasteiger partial charge in [0.15, 0.2) is 0 Å². The van der Waals surface area contributed by atoms with Crippen LogP contribution in [0.2, 0.25) is 0 Å². The molecule has 28 heavy (non-hydrogen) atoms. The van der Waals surface area contributed by atoms with Crippen LogP contribution in [-0.4, -0.2) is 42.5 Å². The molecule has 0 saturated heterocycles. The summed E-state index contributed by atoms with van der Waals surface area (Å²) >= 11 is 0. The number of hydrogen-bond acceptors (Lipinski definition) is 0. The Labute approximate surface area is 140 Å². The van der Waals surface area contributed by atoms with Crippen molar-refractivity contribution in [3.8, 4) is 0 Å². The Hall–Kier alpha value is -1.52. The monoisotopic (exact) mass is 464 g/mol. The largest absolute Gasteiger partial charge is 0.460 e. The van der Waals surface area contributed by atoms with Gasteiger partial charge in [-0.15, -0.1) is 0 Å². The maximum absolute atomic E-state index is 13.0. The topological polar surface area (TPSA) is 0 Å². The van der Waals surface area contributed by atoms with E-state index in [0.717, 1.165) is 0 Å². The zero-order valence-electron chi connectivity index (χ0n) is 12.0. The first-order valence-electron chi connectivity index (χ1n) is 5.81. The number of halogens is 18. The van der Waals surface area contributed by atoms with Crippen LogP contribution in [0.3, 0.4) is 0 Å². The highest BCUT2D eigenvalue weighted by molar-refractivity contribution is 5.19. The van der Waals surface area contributed by atoms with E-state index in [2.05, 4.69) is 0 Å². The Bertz CT molecular complexity index is 541. The summed E-state index contributed by atoms with van der Waals surface area (Å²) in [6.07, 6.45) is -35.6. The lowest BCUT2D eigenvalue weighted by molar-refractivity contribution is -0.408. The zero-order chi connectivity index (χ0) is 23.4. The molecular weight excluding hydrogens is 462 g/mol. The molecule has 0 nitrogen and oxygen atoms in total. The van der Waals surface area contributed by atoms with Crippen LogP contribution in [0.1, 0.15) is 0 Å². The highest BCUT2D eigenvalue weighted by Crippen LogP contribution is 2.61. The predicted molar refractivity (Wildman–Crippen MR) is 50.6 cm³/mol. The van der Waals surface area contributed by atoms with E-state index in [9.17, 15) is 79.0 Å². The van der Waals surface area contributed by atoms with E-state index in [1.165, 1.54) is 0 Å². The SMILES string of the molecule is FC(F)(F)C(F)(F)C(F)(F)C(F)(F)C=CC(C(F)(F)F)(C(F)(F)F)C(F)(F)F. The molecule has 0 N–H and O–H groups in total. The number of hydrogen-bond donors (Lipinski definition) is 0. The molecule has 0 aliphatic carbocycles. The van der Waals surface area contributed by atoms with Gasteiger partial charge in [-0.05, 0) is 12.2 Å². The van der Waals surface area contributed by atoms with Gasteiger partial charge in [0.25, 0.3) is 5.41 Å². The van der Waals surface area contributed by atoms with Crippen molar-refractivity contribution in [1.29, 1.82) is 0 Å². The van der Waals surface area contributed by atoms with Crippen molar-refractivity contribution >= 4 is 0 Å². The number of alkyl halides is 18. The molecule has 0 heterocycles. The van der Waals surface area contributed by atoms with Gasteiger partial charge >= 0.3 is 42.5 Å². The average Bonchev–Trinajstić information content (AvgIpc) is 2.31. The van der Waals surface area contributed by atoms with Crippen LogP contribution >= 0.6 is 0 Å². The van der Waals surface area contributed by atoms with Gasteiger partial charge in [0, 0.05) is 0 Å². The molecule has 0 aliphatic rings. The summed E-state index contributed by atoms with van der Waals surface area (Å²) in [4.78, 5) is 0. The van der Waals surface area contributed by atoms with E-state index in [0.29, 0.717) is 0 Å². The average molecular weight is 464 g/mol. The zero-order valence-corrected chi connectivity index (χ0v) is 12.0. The third kappa shape index (κ3) is 3.81.